The van der Waals surface area contributed by atoms with Gasteiger partial charge in [-0.25, -0.2) is 12.8 Å². The predicted molar refractivity (Wildman–Crippen MR) is 45.2 cm³/mol. The van der Waals surface area contributed by atoms with Crippen molar-refractivity contribution in [3.8, 4) is 6.07 Å². The number of sulfone groups is 1. The van der Waals surface area contributed by atoms with Crippen LogP contribution in [0.25, 0.3) is 0 Å². The second kappa shape index (κ2) is 5.47. The number of halogens is 1. The maximum absolute atomic E-state index is 12.6. The van der Waals surface area contributed by atoms with E-state index in [4.69, 9.17) is 5.26 Å². The van der Waals surface area contributed by atoms with Gasteiger partial charge in [0.1, 0.15) is 11.6 Å². The van der Waals surface area contributed by atoms with Crippen molar-refractivity contribution in [3.63, 3.8) is 0 Å². The van der Waals surface area contributed by atoms with Crippen molar-refractivity contribution in [1.29, 1.82) is 5.26 Å². The number of rotatable bonds is 2. The monoisotopic (exact) mass is 223 g/mol. The van der Waals surface area contributed by atoms with Crippen LogP contribution < -0.4 is 29.6 Å². The first kappa shape index (κ1) is 13.6. The molecule has 1 rings (SSSR count). The van der Waals surface area contributed by atoms with E-state index in [0.29, 0.717) is 0 Å². The smallest absolute Gasteiger partial charge is 1.00 e. The molecule has 0 aromatic heterocycles. The van der Waals surface area contributed by atoms with Crippen molar-refractivity contribution >= 4 is 9.84 Å². The van der Waals surface area contributed by atoms with Crippen LogP contribution >= 0.6 is 0 Å². The van der Waals surface area contributed by atoms with E-state index < -0.39 is 21.4 Å². The molecule has 1 aromatic rings. The van der Waals surface area contributed by atoms with E-state index >= 15 is 0 Å². The molecule has 0 atom stereocenters. The molecule has 14 heavy (non-hydrogen) atoms. The van der Waals surface area contributed by atoms with Gasteiger partial charge in [0.15, 0.2) is 9.84 Å². The summed E-state index contributed by atoms with van der Waals surface area (Å²) in [4.78, 5) is -0.158. The van der Waals surface area contributed by atoms with Gasteiger partial charge < -0.3 is 1.43 Å². The molecular formula is C8H7FNNaO2S. The Kier molecular flexibility index (Phi) is 5.31. The standard InChI is InChI=1S/C8H6FNO2S.Na.H/c9-7-2-1-3-8(6-7)13(11,12)5-4-10;;/h1-3,6H,5H2;;/q;+1;-1. The Labute approximate surface area is 105 Å². The maximum atomic E-state index is 12.6. The first-order valence-electron chi connectivity index (χ1n) is 3.41. The van der Waals surface area contributed by atoms with Crippen LogP contribution in [0.1, 0.15) is 1.43 Å². The normalized spacial score (nSPS) is 10.0. The second-order valence-electron chi connectivity index (χ2n) is 2.37. The molecule has 0 heterocycles. The molecule has 0 radical (unpaired) electrons. The molecular weight excluding hydrogens is 216 g/mol. The van der Waals surface area contributed by atoms with Gasteiger partial charge in [-0.2, -0.15) is 5.26 Å². The minimum atomic E-state index is -3.63. The Morgan fingerprint density at radius 2 is 2.14 bits per heavy atom. The van der Waals surface area contributed by atoms with Crippen LogP contribution in [0.15, 0.2) is 29.2 Å². The van der Waals surface area contributed by atoms with Crippen LogP contribution in [0.4, 0.5) is 4.39 Å². The van der Waals surface area contributed by atoms with E-state index in [1.54, 1.807) is 0 Å². The van der Waals surface area contributed by atoms with Crippen LogP contribution in [0.2, 0.25) is 0 Å². The summed E-state index contributed by atoms with van der Waals surface area (Å²) >= 11 is 0. The Balaban J connectivity index is 0. The zero-order chi connectivity index (χ0) is 9.90. The SMILES string of the molecule is N#CCS(=O)(=O)c1cccc(F)c1.[H-].[Na+]. The Morgan fingerprint density at radius 3 is 2.64 bits per heavy atom. The zero-order valence-electron chi connectivity index (χ0n) is 8.57. The third-order valence-electron chi connectivity index (χ3n) is 1.41. The van der Waals surface area contributed by atoms with Gasteiger partial charge in [0.25, 0.3) is 0 Å². The predicted octanol–water partition coefficient (Wildman–Crippen LogP) is -1.76. The van der Waals surface area contributed by atoms with Crippen molar-refractivity contribution < 1.29 is 43.8 Å². The first-order chi connectivity index (χ1) is 6.06. The Hall–Kier alpha value is -0.410. The summed E-state index contributed by atoms with van der Waals surface area (Å²) in [6.07, 6.45) is 0. The zero-order valence-corrected chi connectivity index (χ0v) is 10.4. The average molecular weight is 223 g/mol. The molecule has 3 nitrogen and oxygen atoms in total. The van der Waals surface area contributed by atoms with Gasteiger partial charge in [0.2, 0.25) is 0 Å². The molecule has 0 aliphatic rings. The summed E-state index contributed by atoms with van der Waals surface area (Å²) in [5.41, 5.74) is 0. The van der Waals surface area contributed by atoms with E-state index in [1.807, 2.05) is 0 Å². The number of nitrogens with zero attached hydrogens (tertiary/aromatic N) is 1. The number of nitriles is 1. The fourth-order valence-electron chi connectivity index (χ4n) is 0.829. The van der Waals surface area contributed by atoms with Gasteiger partial charge in [0.05, 0.1) is 11.0 Å². The fraction of sp³-hybridized carbons (Fsp3) is 0.125. The quantitative estimate of drug-likeness (QED) is 0.558. The van der Waals surface area contributed by atoms with E-state index in [0.717, 1.165) is 12.1 Å². The molecule has 0 aliphatic carbocycles. The Bertz CT molecular complexity index is 458. The van der Waals surface area contributed by atoms with Gasteiger partial charge in [-0.3, -0.25) is 0 Å². The third-order valence-corrected chi connectivity index (χ3v) is 2.89. The van der Waals surface area contributed by atoms with Gasteiger partial charge in [-0.1, -0.05) is 6.07 Å². The fourth-order valence-corrected chi connectivity index (χ4v) is 1.74. The minimum Gasteiger partial charge on any atom is -1.00 e. The number of hydrogen-bond acceptors (Lipinski definition) is 3. The summed E-state index contributed by atoms with van der Waals surface area (Å²) in [5, 5.41) is 8.21. The molecule has 0 spiro atoms. The minimum absolute atomic E-state index is 0. The van der Waals surface area contributed by atoms with E-state index in [-0.39, 0.29) is 35.9 Å². The van der Waals surface area contributed by atoms with Crippen molar-refractivity contribution in [1.82, 2.24) is 0 Å². The summed E-state index contributed by atoms with van der Waals surface area (Å²) in [6.45, 7) is 0. The average Bonchev–Trinajstić information content (AvgIpc) is 2.04. The number of benzene rings is 1. The van der Waals surface area contributed by atoms with Gasteiger partial charge in [-0.05, 0) is 18.2 Å². The summed E-state index contributed by atoms with van der Waals surface area (Å²) < 4.78 is 35.0. The molecule has 0 saturated carbocycles. The first-order valence-corrected chi connectivity index (χ1v) is 5.07. The maximum Gasteiger partial charge on any atom is 1.00 e. The van der Waals surface area contributed by atoms with Gasteiger partial charge in [-0.15, -0.1) is 0 Å². The molecule has 0 amide bonds. The number of hydrogen-bond donors (Lipinski definition) is 0. The Morgan fingerprint density at radius 1 is 1.50 bits per heavy atom. The van der Waals surface area contributed by atoms with Gasteiger partial charge >= 0.3 is 29.6 Å². The van der Waals surface area contributed by atoms with Crippen molar-refractivity contribution in [2.45, 2.75) is 4.90 Å². The summed E-state index contributed by atoms with van der Waals surface area (Å²) in [7, 11) is -3.63. The van der Waals surface area contributed by atoms with E-state index in [2.05, 4.69) is 0 Å². The molecule has 70 valence electrons. The topological polar surface area (TPSA) is 57.9 Å². The van der Waals surface area contributed by atoms with Crippen molar-refractivity contribution in [2.75, 3.05) is 5.75 Å². The molecule has 0 N–H and O–H groups in total. The van der Waals surface area contributed by atoms with E-state index in [9.17, 15) is 12.8 Å². The van der Waals surface area contributed by atoms with Crippen LogP contribution in [-0.2, 0) is 9.84 Å². The molecule has 0 aliphatic heterocycles. The van der Waals surface area contributed by atoms with Crippen molar-refractivity contribution in [2.24, 2.45) is 0 Å². The molecule has 0 unspecified atom stereocenters. The molecule has 0 bridgehead atoms. The molecule has 0 fully saturated rings. The van der Waals surface area contributed by atoms with E-state index in [1.165, 1.54) is 18.2 Å². The summed E-state index contributed by atoms with van der Waals surface area (Å²) in [6, 6.07) is 6.11. The van der Waals surface area contributed by atoms with Crippen LogP contribution in [0, 0.1) is 17.1 Å². The van der Waals surface area contributed by atoms with Crippen LogP contribution in [0.5, 0.6) is 0 Å². The van der Waals surface area contributed by atoms with Gasteiger partial charge in [0, 0.05) is 0 Å². The van der Waals surface area contributed by atoms with Crippen LogP contribution in [-0.4, -0.2) is 14.2 Å². The molecule has 1 aromatic carbocycles. The second-order valence-corrected chi connectivity index (χ2v) is 4.36. The van der Waals surface area contributed by atoms with Crippen molar-refractivity contribution in [3.05, 3.63) is 30.1 Å². The summed E-state index contributed by atoms with van der Waals surface area (Å²) in [5.74, 6) is -1.25. The largest absolute Gasteiger partial charge is 1.00 e. The van der Waals surface area contributed by atoms with Crippen LogP contribution in [0.3, 0.4) is 0 Å². The third kappa shape index (κ3) is 3.39. The molecule has 0 saturated heterocycles. The molecule has 6 heteroatoms.